The van der Waals surface area contributed by atoms with E-state index in [1.54, 1.807) is 0 Å². The van der Waals surface area contributed by atoms with Crippen molar-refractivity contribution in [1.29, 1.82) is 0 Å². The van der Waals surface area contributed by atoms with Crippen LogP contribution in [0.3, 0.4) is 0 Å². The van der Waals surface area contributed by atoms with E-state index in [4.69, 9.17) is 0 Å². The van der Waals surface area contributed by atoms with E-state index in [0.29, 0.717) is 0 Å². The molecule has 2 rings (SSSR count). The molecule has 0 aliphatic carbocycles. The molecular formula is C18H23NO2S. The first kappa shape index (κ1) is 16.7. The second-order valence-corrected chi connectivity index (χ2v) is 7.70. The van der Waals surface area contributed by atoms with E-state index in [9.17, 15) is 8.42 Å². The van der Waals surface area contributed by atoms with Gasteiger partial charge < -0.3 is 0 Å². The Kier molecular flexibility index (Phi) is 5.04. The van der Waals surface area contributed by atoms with Crippen LogP contribution in [-0.4, -0.2) is 8.42 Å². The van der Waals surface area contributed by atoms with Crippen LogP contribution < -0.4 is 4.72 Å². The average Bonchev–Trinajstić information content (AvgIpc) is 2.40. The van der Waals surface area contributed by atoms with Gasteiger partial charge in [0.05, 0.1) is 5.75 Å². The highest BCUT2D eigenvalue weighted by Crippen LogP contribution is 2.20. The van der Waals surface area contributed by atoms with Gasteiger partial charge in [0, 0.05) is 6.04 Å². The molecule has 1 atom stereocenters. The molecule has 0 radical (unpaired) electrons. The van der Waals surface area contributed by atoms with Crippen LogP contribution in [0.5, 0.6) is 0 Å². The summed E-state index contributed by atoms with van der Waals surface area (Å²) in [7, 11) is -3.38. The zero-order chi connectivity index (χ0) is 16.3. The van der Waals surface area contributed by atoms with Gasteiger partial charge in [-0.05, 0) is 44.4 Å². The Hall–Kier alpha value is -1.65. The summed E-state index contributed by atoms with van der Waals surface area (Å²) in [5, 5.41) is 0. The highest BCUT2D eigenvalue weighted by molar-refractivity contribution is 7.88. The van der Waals surface area contributed by atoms with Crippen molar-refractivity contribution in [2.45, 2.75) is 39.5 Å². The summed E-state index contributed by atoms with van der Waals surface area (Å²) in [6.07, 6.45) is 0. The van der Waals surface area contributed by atoms with Crippen molar-refractivity contribution in [1.82, 2.24) is 4.72 Å². The molecule has 0 saturated carbocycles. The third-order valence-electron chi connectivity index (χ3n) is 3.70. The van der Waals surface area contributed by atoms with Gasteiger partial charge in [-0.25, -0.2) is 13.1 Å². The fourth-order valence-corrected chi connectivity index (χ4v) is 3.99. The molecular weight excluding hydrogens is 294 g/mol. The number of hydrogen-bond acceptors (Lipinski definition) is 2. The maximum Gasteiger partial charge on any atom is 0.216 e. The van der Waals surface area contributed by atoms with Crippen LogP contribution in [0.4, 0.5) is 0 Å². The lowest BCUT2D eigenvalue weighted by molar-refractivity contribution is 0.565. The predicted molar refractivity (Wildman–Crippen MR) is 91.3 cm³/mol. The molecule has 0 heterocycles. The number of hydrogen-bond donors (Lipinski definition) is 1. The largest absolute Gasteiger partial charge is 0.216 e. The van der Waals surface area contributed by atoms with Gasteiger partial charge in [0.2, 0.25) is 10.0 Å². The molecule has 0 bridgehead atoms. The number of nitrogens with one attached hydrogen (secondary N) is 1. The molecule has 0 spiro atoms. The van der Waals surface area contributed by atoms with Crippen LogP contribution in [0, 0.1) is 20.8 Å². The highest BCUT2D eigenvalue weighted by Gasteiger charge is 2.18. The smallest absolute Gasteiger partial charge is 0.212 e. The number of sulfonamides is 1. The van der Waals surface area contributed by atoms with Crippen LogP contribution >= 0.6 is 0 Å². The summed E-state index contributed by atoms with van der Waals surface area (Å²) in [4.78, 5) is 0. The minimum absolute atomic E-state index is 0.00385. The highest BCUT2D eigenvalue weighted by atomic mass is 32.2. The van der Waals surface area contributed by atoms with E-state index < -0.39 is 10.0 Å². The second-order valence-electron chi connectivity index (χ2n) is 5.95. The van der Waals surface area contributed by atoms with Crippen molar-refractivity contribution in [2.24, 2.45) is 0 Å². The molecule has 0 aliphatic heterocycles. The van der Waals surface area contributed by atoms with E-state index in [0.717, 1.165) is 27.8 Å². The molecule has 0 amide bonds. The third-order valence-corrected chi connectivity index (χ3v) is 5.12. The molecule has 118 valence electrons. The monoisotopic (exact) mass is 317 g/mol. The molecule has 2 aromatic carbocycles. The molecule has 0 aliphatic rings. The van der Waals surface area contributed by atoms with Crippen molar-refractivity contribution in [3.8, 4) is 0 Å². The van der Waals surface area contributed by atoms with Crippen LogP contribution in [0.15, 0.2) is 42.5 Å². The molecule has 3 nitrogen and oxygen atoms in total. The number of rotatable bonds is 5. The van der Waals surface area contributed by atoms with Gasteiger partial charge in [0.1, 0.15) is 0 Å². The summed E-state index contributed by atoms with van der Waals surface area (Å²) < 4.78 is 27.5. The van der Waals surface area contributed by atoms with E-state index in [-0.39, 0.29) is 11.8 Å². The maximum atomic E-state index is 12.4. The van der Waals surface area contributed by atoms with Gasteiger partial charge in [-0.15, -0.1) is 0 Å². The van der Waals surface area contributed by atoms with Crippen molar-refractivity contribution < 1.29 is 8.42 Å². The minimum atomic E-state index is -3.38. The fourth-order valence-electron chi connectivity index (χ4n) is 2.62. The predicted octanol–water partition coefficient (Wildman–Crippen LogP) is 3.79. The van der Waals surface area contributed by atoms with Gasteiger partial charge in [0.25, 0.3) is 0 Å². The molecule has 1 unspecified atom stereocenters. The van der Waals surface area contributed by atoms with Crippen molar-refractivity contribution in [3.05, 3.63) is 70.3 Å². The fraction of sp³-hybridized carbons (Fsp3) is 0.333. The lowest BCUT2D eigenvalue weighted by Gasteiger charge is -2.17. The Morgan fingerprint density at radius 2 is 1.68 bits per heavy atom. The zero-order valence-corrected chi connectivity index (χ0v) is 14.4. The SMILES string of the molecule is Cc1cccc(CS(=O)(=O)NC(C)c2cc(C)ccc2C)c1. The van der Waals surface area contributed by atoms with Gasteiger partial charge in [-0.1, -0.05) is 53.6 Å². The second kappa shape index (κ2) is 6.63. The van der Waals surface area contributed by atoms with Gasteiger partial charge in [0.15, 0.2) is 0 Å². The molecule has 22 heavy (non-hydrogen) atoms. The van der Waals surface area contributed by atoms with Gasteiger partial charge in [-0.3, -0.25) is 0 Å². The molecule has 1 N–H and O–H groups in total. The van der Waals surface area contributed by atoms with Gasteiger partial charge in [-0.2, -0.15) is 0 Å². The normalized spacial score (nSPS) is 13.1. The Bertz CT molecular complexity index is 766. The van der Waals surface area contributed by atoms with Crippen molar-refractivity contribution in [3.63, 3.8) is 0 Å². The van der Waals surface area contributed by atoms with Crippen molar-refractivity contribution in [2.75, 3.05) is 0 Å². The standard InChI is InChI=1S/C18H23NO2S/c1-13-6-5-7-17(10-13)12-22(20,21)19-16(4)18-11-14(2)8-9-15(18)3/h5-11,16,19H,12H2,1-4H3. The molecule has 0 fully saturated rings. The minimum Gasteiger partial charge on any atom is -0.212 e. The molecule has 4 heteroatoms. The van der Waals surface area contributed by atoms with E-state index in [1.165, 1.54) is 0 Å². The number of aryl methyl sites for hydroxylation is 3. The van der Waals surface area contributed by atoms with Crippen LogP contribution in [0.1, 0.15) is 40.8 Å². The lowest BCUT2D eigenvalue weighted by Crippen LogP contribution is -2.28. The number of benzene rings is 2. The van der Waals surface area contributed by atoms with Crippen molar-refractivity contribution >= 4 is 10.0 Å². The quantitative estimate of drug-likeness (QED) is 0.912. The Morgan fingerprint density at radius 3 is 2.36 bits per heavy atom. The van der Waals surface area contributed by atoms with Crippen LogP contribution in [-0.2, 0) is 15.8 Å². The first-order valence-electron chi connectivity index (χ1n) is 7.39. The summed E-state index contributed by atoms with van der Waals surface area (Å²) in [6.45, 7) is 7.86. The lowest BCUT2D eigenvalue weighted by atomic mass is 10.0. The Balaban J connectivity index is 2.16. The zero-order valence-electron chi connectivity index (χ0n) is 13.6. The van der Waals surface area contributed by atoms with Crippen LogP contribution in [0.25, 0.3) is 0 Å². The summed E-state index contributed by atoms with van der Waals surface area (Å²) in [5.74, 6) is 0.00385. The summed E-state index contributed by atoms with van der Waals surface area (Å²) >= 11 is 0. The molecule has 2 aromatic rings. The molecule has 0 saturated heterocycles. The first-order chi connectivity index (χ1) is 10.3. The Labute approximate surface area is 133 Å². The van der Waals surface area contributed by atoms with E-state index in [2.05, 4.69) is 4.72 Å². The van der Waals surface area contributed by atoms with E-state index in [1.807, 2.05) is 70.2 Å². The average molecular weight is 317 g/mol. The van der Waals surface area contributed by atoms with Crippen LogP contribution in [0.2, 0.25) is 0 Å². The summed E-state index contributed by atoms with van der Waals surface area (Å²) in [6, 6.07) is 13.4. The first-order valence-corrected chi connectivity index (χ1v) is 9.05. The Morgan fingerprint density at radius 1 is 1.00 bits per heavy atom. The third kappa shape index (κ3) is 4.42. The van der Waals surface area contributed by atoms with E-state index >= 15 is 0 Å². The maximum absolute atomic E-state index is 12.4. The summed E-state index contributed by atoms with van der Waals surface area (Å²) in [5.41, 5.74) is 5.12. The molecule has 0 aromatic heterocycles. The topological polar surface area (TPSA) is 46.2 Å². The van der Waals surface area contributed by atoms with Gasteiger partial charge >= 0.3 is 0 Å².